The van der Waals surface area contributed by atoms with E-state index < -0.39 is 0 Å². The van der Waals surface area contributed by atoms with Crippen LogP contribution in [-0.2, 0) is 4.74 Å². The van der Waals surface area contributed by atoms with Crippen LogP contribution in [0.5, 0.6) is 0 Å². The summed E-state index contributed by atoms with van der Waals surface area (Å²) in [5.41, 5.74) is 2.19. The summed E-state index contributed by atoms with van der Waals surface area (Å²) < 4.78 is 5.25. The minimum Gasteiger partial charge on any atom is -0.379 e. The van der Waals surface area contributed by atoms with Gasteiger partial charge in [-0.15, -0.1) is 0 Å². The van der Waals surface area contributed by atoms with Crippen LogP contribution < -0.4 is 0 Å². The molecule has 1 rings (SSSR count). The number of alkyl halides is 1. The Balaban J connectivity index is -0.000000107. The average molecular weight is 582 g/mol. The molecule has 226 valence electrons. The van der Waals surface area contributed by atoms with Gasteiger partial charge in [-0.3, -0.25) is 0 Å². The molecule has 1 fully saturated rings. The summed E-state index contributed by atoms with van der Waals surface area (Å²) in [4.78, 5) is 0. The monoisotopic (exact) mass is 581 g/mol. The summed E-state index contributed by atoms with van der Waals surface area (Å²) in [6, 6.07) is 0. The van der Waals surface area contributed by atoms with Crippen LogP contribution in [0, 0.1) is 33.5 Å². The highest BCUT2D eigenvalue weighted by atomic mass is 79.9. The Morgan fingerprint density at radius 1 is 0.667 bits per heavy atom. The molecule has 0 N–H and O–H groups in total. The minimum absolute atomic E-state index is 0.0417. The molecule has 1 saturated carbocycles. The fourth-order valence-electron chi connectivity index (χ4n) is 0.949. The molecule has 0 heterocycles. The molecule has 0 spiro atoms. The van der Waals surface area contributed by atoms with Crippen molar-refractivity contribution >= 4 is 15.9 Å². The maximum absolute atomic E-state index is 4.94. The van der Waals surface area contributed by atoms with Gasteiger partial charge in [0.25, 0.3) is 0 Å². The predicted molar refractivity (Wildman–Crippen MR) is 177 cm³/mol. The third-order valence-electron chi connectivity index (χ3n) is 5.21. The second-order valence-electron chi connectivity index (χ2n) is 17.5. The second kappa shape index (κ2) is 19.5. The van der Waals surface area contributed by atoms with E-state index in [9.17, 15) is 0 Å². The van der Waals surface area contributed by atoms with Gasteiger partial charge in [0, 0.05) is 11.4 Å². The van der Waals surface area contributed by atoms with Crippen molar-refractivity contribution < 1.29 is 4.74 Å². The molecule has 0 radical (unpaired) electrons. The molecule has 0 aliphatic heterocycles. The van der Waals surface area contributed by atoms with Crippen LogP contribution in [-0.4, -0.2) is 17.0 Å². The third kappa shape index (κ3) is 83.8. The van der Waals surface area contributed by atoms with Crippen molar-refractivity contribution in [1.29, 1.82) is 0 Å². The molecule has 1 aliphatic carbocycles. The van der Waals surface area contributed by atoms with Gasteiger partial charge < -0.3 is 4.74 Å². The van der Waals surface area contributed by atoms with Gasteiger partial charge in [0.1, 0.15) is 0 Å². The molecule has 1 nitrogen and oxygen atoms in total. The molecule has 0 aromatic heterocycles. The first-order valence-electron chi connectivity index (χ1n) is 14.4. The number of hydrogen-bond donors (Lipinski definition) is 0. The van der Waals surface area contributed by atoms with Gasteiger partial charge in [-0.1, -0.05) is 154 Å². The Hall–Kier alpha value is 0.440. The molecule has 36 heavy (non-hydrogen) atoms. The van der Waals surface area contributed by atoms with E-state index in [4.69, 9.17) is 4.74 Å². The van der Waals surface area contributed by atoms with E-state index >= 15 is 0 Å². The molecule has 0 bridgehead atoms. The number of hydrogen-bond acceptors (Lipinski definition) is 1. The lowest BCUT2D eigenvalue weighted by atomic mass is 9.84. The predicted octanol–water partition coefficient (Wildman–Crippen LogP) is 13.2. The smallest absolute Gasteiger partial charge is 0.0594 e. The molecule has 0 aromatic rings. The Kier molecular flexibility index (Phi) is 25.1. The van der Waals surface area contributed by atoms with Crippen LogP contribution in [0.1, 0.15) is 172 Å². The molecule has 0 unspecified atom stereocenters. The molecule has 0 amide bonds. The molecular weight excluding hydrogens is 504 g/mol. The van der Waals surface area contributed by atoms with Crippen LogP contribution in [0.3, 0.4) is 0 Å². The van der Waals surface area contributed by atoms with Crippen molar-refractivity contribution in [1.82, 2.24) is 0 Å². The van der Waals surface area contributed by atoms with Crippen LogP contribution in [0.15, 0.2) is 0 Å². The summed E-state index contributed by atoms with van der Waals surface area (Å²) in [6.45, 7) is 48.3. The van der Waals surface area contributed by atoms with Crippen molar-refractivity contribution in [2.24, 2.45) is 33.5 Å². The van der Waals surface area contributed by atoms with Crippen LogP contribution in [0.25, 0.3) is 0 Å². The van der Waals surface area contributed by atoms with E-state index in [-0.39, 0.29) is 5.60 Å². The van der Waals surface area contributed by atoms with E-state index in [1.807, 2.05) is 20.8 Å². The van der Waals surface area contributed by atoms with Crippen LogP contribution in [0.2, 0.25) is 0 Å². The fraction of sp³-hybridized carbons (Fsp3) is 1.00. The summed E-state index contributed by atoms with van der Waals surface area (Å²) in [5, 5.41) is 0. The fourth-order valence-corrected chi connectivity index (χ4v) is 0.949. The van der Waals surface area contributed by atoms with Gasteiger partial charge in [-0.2, -0.15) is 0 Å². The normalized spacial score (nSPS) is 14.2. The summed E-state index contributed by atoms with van der Waals surface area (Å²) >= 11 is 3.38. The Labute approximate surface area is 242 Å². The first-order valence-corrected chi connectivity index (χ1v) is 15.2. The Morgan fingerprint density at radius 2 is 0.833 bits per heavy atom. The molecule has 2 heteroatoms. The topological polar surface area (TPSA) is 9.23 Å². The van der Waals surface area contributed by atoms with Gasteiger partial charge >= 0.3 is 0 Å². The highest BCUT2D eigenvalue weighted by Gasteiger charge is 2.33. The van der Waals surface area contributed by atoms with Crippen LogP contribution in [0.4, 0.5) is 0 Å². The van der Waals surface area contributed by atoms with Gasteiger partial charge in [0.2, 0.25) is 0 Å². The zero-order valence-electron chi connectivity index (χ0n) is 30.1. The number of ether oxygens (including phenoxy) is 1. The van der Waals surface area contributed by atoms with E-state index in [2.05, 4.69) is 147 Å². The first kappa shape index (κ1) is 46.3. The average Bonchev–Trinajstić information content (AvgIpc) is 3.35. The maximum Gasteiger partial charge on any atom is 0.0594 e. The van der Waals surface area contributed by atoms with Crippen molar-refractivity contribution in [3.63, 3.8) is 0 Å². The van der Waals surface area contributed by atoms with Gasteiger partial charge in [-0.05, 0) is 67.1 Å². The largest absolute Gasteiger partial charge is 0.379 e. The van der Waals surface area contributed by atoms with Gasteiger partial charge in [0.15, 0.2) is 0 Å². The zero-order valence-corrected chi connectivity index (χ0v) is 31.6. The highest BCUT2D eigenvalue weighted by Crippen LogP contribution is 2.44. The summed E-state index contributed by atoms with van der Waals surface area (Å²) in [6.07, 6.45) is 4.22. The lowest BCUT2D eigenvalue weighted by Crippen LogP contribution is -2.15. The molecule has 1 aliphatic rings. The molecular formula is C34H77BrO. The maximum atomic E-state index is 4.94. The molecule has 0 saturated heterocycles. The summed E-state index contributed by atoms with van der Waals surface area (Å²) in [7, 11) is 1.71. The summed E-state index contributed by atoms with van der Waals surface area (Å²) in [5.74, 6) is 1.85. The van der Waals surface area contributed by atoms with E-state index in [1.54, 1.807) is 7.11 Å². The van der Waals surface area contributed by atoms with E-state index in [0.717, 1.165) is 11.8 Å². The lowest BCUT2D eigenvalue weighted by molar-refractivity contribution is 0.0397. The molecule has 0 aromatic carbocycles. The van der Waals surface area contributed by atoms with Gasteiger partial charge in [0.05, 0.1) is 5.60 Å². The number of methoxy groups -OCH3 is 1. The highest BCUT2D eigenvalue weighted by molar-refractivity contribution is 9.10. The third-order valence-corrected chi connectivity index (χ3v) is 5.21. The number of halogens is 1. The quantitative estimate of drug-likeness (QED) is 0.259. The van der Waals surface area contributed by atoms with Gasteiger partial charge in [-0.25, -0.2) is 0 Å². The van der Waals surface area contributed by atoms with E-state index in [0.29, 0.717) is 26.0 Å². The first-order chi connectivity index (χ1) is 15.2. The number of rotatable bonds is 0. The van der Waals surface area contributed by atoms with Crippen molar-refractivity contribution in [2.75, 3.05) is 7.11 Å². The van der Waals surface area contributed by atoms with Crippen LogP contribution >= 0.6 is 15.9 Å². The SMILES string of the molecule is CC(C)(C)Br.CC(C)(C)C.CC(C)(C)C1CC1.CC(C)C(C)(C)C.CCC(C)(C)C.COC(C)(C)C. The standard InChI is InChI=1S/C7H14.C7H16.C6H14.C5H12O.C5H12.C4H9Br/c1-7(2,3)6-4-5-6;1-6(2)7(3,4)5;1-5-6(2,3)4;1-5(2,3)6-4;1-5(2,3)4;1-4(2,3)5/h6H,4-5H2,1-3H3;6H,1-5H3;5H2,1-4H3;1-4H3;1-4H3;1-3H3. The second-order valence-corrected chi connectivity index (χ2v) is 19.8. The zero-order chi connectivity index (χ0) is 31.0. The Morgan fingerprint density at radius 3 is 0.833 bits per heavy atom. The lowest BCUT2D eigenvalue weighted by Gasteiger charge is -2.22. The Bertz CT molecular complexity index is 408. The van der Waals surface area contributed by atoms with Crippen molar-refractivity contribution in [2.45, 2.75) is 182 Å². The van der Waals surface area contributed by atoms with Crippen molar-refractivity contribution in [3.05, 3.63) is 0 Å². The minimum atomic E-state index is 0.0417. The molecule has 0 atom stereocenters. The van der Waals surface area contributed by atoms with E-state index in [1.165, 1.54) is 19.3 Å². The van der Waals surface area contributed by atoms with Crippen molar-refractivity contribution in [3.8, 4) is 0 Å².